The van der Waals surface area contributed by atoms with Crippen molar-refractivity contribution >= 4 is 11.8 Å². The van der Waals surface area contributed by atoms with Gasteiger partial charge in [0.2, 0.25) is 11.8 Å². The first kappa shape index (κ1) is 23.1. The Bertz CT molecular complexity index is 962. The molecule has 2 atom stereocenters. The molecule has 0 N–H and O–H groups in total. The van der Waals surface area contributed by atoms with Gasteiger partial charge in [0.25, 0.3) is 0 Å². The summed E-state index contributed by atoms with van der Waals surface area (Å²) in [6, 6.07) is 9.92. The van der Waals surface area contributed by atoms with Crippen LogP contribution in [0.15, 0.2) is 36.5 Å². The fourth-order valence-electron chi connectivity index (χ4n) is 5.95. The quantitative estimate of drug-likeness (QED) is 0.619. The Morgan fingerprint density at radius 1 is 0.971 bits per heavy atom. The highest BCUT2D eigenvalue weighted by atomic mass is 16.2. The smallest absolute Gasteiger partial charge is 0.245 e. The van der Waals surface area contributed by atoms with Crippen LogP contribution in [0.4, 0.5) is 0 Å². The van der Waals surface area contributed by atoms with Crippen LogP contribution in [-0.4, -0.2) is 62.3 Å². The Morgan fingerprint density at radius 2 is 1.74 bits per heavy atom. The van der Waals surface area contributed by atoms with E-state index in [1.54, 1.807) is 0 Å². The molecule has 0 unspecified atom stereocenters. The maximum atomic E-state index is 13.4. The molecule has 3 fully saturated rings. The maximum absolute atomic E-state index is 13.4. The molecule has 34 heavy (non-hydrogen) atoms. The lowest BCUT2D eigenvalue weighted by molar-refractivity contribution is -0.143. The molecule has 0 spiro atoms. The van der Waals surface area contributed by atoms with Crippen molar-refractivity contribution in [3.63, 3.8) is 0 Å². The van der Waals surface area contributed by atoms with E-state index in [-0.39, 0.29) is 23.9 Å². The number of carbonyl (C=O) groups excluding carboxylic acids is 2. The lowest BCUT2D eigenvalue weighted by Gasteiger charge is -2.27. The van der Waals surface area contributed by atoms with E-state index in [4.69, 9.17) is 0 Å². The second-order valence-electron chi connectivity index (χ2n) is 10.3. The average Bonchev–Trinajstić information content (AvgIpc) is 3.65. The summed E-state index contributed by atoms with van der Waals surface area (Å²) in [7, 11) is 0. The minimum absolute atomic E-state index is 0.0134. The molecular formula is C27H37N5O2. The zero-order valence-corrected chi connectivity index (χ0v) is 20.1. The SMILES string of the molecule is O=C([C@@H]1C[C@H](n2cc(C3CCCCC3)nn2)CN1C(=O)CCCc1ccccc1)N1CCCC1. The second kappa shape index (κ2) is 10.7. The van der Waals surface area contributed by atoms with E-state index >= 15 is 0 Å². The summed E-state index contributed by atoms with van der Waals surface area (Å²) in [5, 5.41) is 8.96. The zero-order chi connectivity index (χ0) is 23.3. The predicted octanol–water partition coefficient (Wildman–Crippen LogP) is 4.11. The number of hydrogen-bond donors (Lipinski definition) is 0. The lowest BCUT2D eigenvalue weighted by atomic mass is 9.87. The average molecular weight is 464 g/mol. The number of aromatic nitrogens is 3. The van der Waals surface area contributed by atoms with Gasteiger partial charge in [-0.25, -0.2) is 4.68 Å². The molecule has 3 aliphatic rings. The summed E-state index contributed by atoms with van der Waals surface area (Å²) < 4.78 is 1.94. The molecule has 2 aliphatic heterocycles. The topological polar surface area (TPSA) is 71.3 Å². The van der Waals surface area contributed by atoms with Crippen LogP contribution in [0.5, 0.6) is 0 Å². The van der Waals surface area contributed by atoms with Crippen molar-refractivity contribution in [2.24, 2.45) is 0 Å². The third-order valence-corrected chi connectivity index (χ3v) is 7.93. The summed E-state index contributed by atoms with van der Waals surface area (Å²) in [4.78, 5) is 30.5. The predicted molar refractivity (Wildman–Crippen MR) is 130 cm³/mol. The van der Waals surface area contributed by atoms with E-state index in [0.717, 1.165) is 44.5 Å². The number of hydrogen-bond acceptors (Lipinski definition) is 4. The van der Waals surface area contributed by atoms with Gasteiger partial charge in [-0.2, -0.15) is 0 Å². The van der Waals surface area contributed by atoms with Gasteiger partial charge in [0.15, 0.2) is 0 Å². The molecule has 7 nitrogen and oxygen atoms in total. The molecule has 1 aliphatic carbocycles. The molecule has 3 heterocycles. The van der Waals surface area contributed by atoms with Crippen LogP contribution in [-0.2, 0) is 16.0 Å². The maximum Gasteiger partial charge on any atom is 0.245 e. The van der Waals surface area contributed by atoms with E-state index in [1.807, 2.05) is 32.7 Å². The highest BCUT2D eigenvalue weighted by Crippen LogP contribution is 2.34. The molecule has 0 bridgehead atoms. The molecule has 1 aromatic carbocycles. The first-order valence-corrected chi connectivity index (χ1v) is 13.2. The summed E-state index contributed by atoms with van der Waals surface area (Å²) in [6.45, 7) is 2.16. The van der Waals surface area contributed by atoms with Crippen LogP contribution in [0.2, 0.25) is 0 Å². The van der Waals surface area contributed by atoms with Gasteiger partial charge >= 0.3 is 0 Å². The van der Waals surface area contributed by atoms with Crippen molar-refractivity contribution in [2.45, 2.75) is 88.6 Å². The van der Waals surface area contributed by atoms with E-state index in [2.05, 4.69) is 28.6 Å². The number of benzene rings is 1. The van der Waals surface area contributed by atoms with E-state index in [1.165, 1.54) is 37.7 Å². The number of likely N-dealkylation sites (tertiary alicyclic amines) is 2. The minimum Gasteiger partial charge on any atom is -0.341 e. The van der Waals surface area contributed by atoms with Crippen molar-refractivity contribution in [3.8, 4) is 0 Å². The van der Waals surface area contributed by atoms with Crippen LogP contribution < -0.4 is 0 Å². The number of rotatable bonds is 7. The largest absolute Gasteiger partial charge is 0.341 e. The van der Waals surface area contributed by atoms with Gasteiger partial charge in [-0.3, -0.25) is 9.59 Å². The van der Waals surface area contributed by atoms with Crippen LogP contribution in [0.3, 0.4) is 0 Å². The lowest BCUT2D eigenvalue weighted by Crippen LogP contribution is -2.46. The van der Waals surface area contributed by atoms with E-state index in [9.17, 15) is 9.59 Å². The number of amides is 2. The molecule has 5 rings (SSSR count). The molecule has 2 saturated heterocycles. The molecule has 2 amide bonds. The van der Waals surface area contributed by atoms with Crippen LogP contribution in [0, 0.1) is 0 Å². The summed E-state index contributed by atoms with van der Waals surface area (Å²) in [5.74, 6) is 0.703. The van der Waals surface area contributed by atoms with E-state index < -0.39 is 0 Å². The highest BCUT2D eigenvalue weighted by Gasteiger charge is 2.42. The number of aryl methyl sites for hydroxylation is 1. The van der Waals surface area contributed by atoms with Crippen LogP contribution >= 0.6 is 0 Å². The van der Waals surface area contributed by atoms with Gasteiger partial charge in [-0.15, -0.1) is 5.10 Å². The van der Waals surface area contributed by atoms with Crippen molar-refractivity contribution in [2.75, 3.05) is 19.6 Å². The van der Waals surface area contributed by atoms with Gasteiger partial charge in [-0.05, 0) is 44.1 Å². The van der Waals surface area contributed by atoms with Crippen LogP contribution in [0.25, 0.3) is 0 Å². The molecule has 0 radical (unpaired) electrons. The Labute approximate surface area is 202 Å². The van der Waals surface area contributed by atoms with E-state index in [0.29, 0.717) is 25.3 Å². The summed E-state index contributed by atoms with van der Waals surface area (Å²) in [6.07, 6.45) is 13.2. The third-order valence-electron chi connectivity index (χ3n) is 7.93. The molecular weight excluding hydrogens is 426 g/mol. The molecule has 1 saturated carbocycles. The minimum atomic E-state index is -0.380. The Kier molecular flexibility index (Phi) is 7.26. The first-order chi connectivity index (χ1) is 16.7. The van der Waals surface area contributed by atoms with Crippen molar-refractivity contribution in [3.05, 3.63) is 47.8 Å². The summed E-state index contributed by atoms with van der Waals surface area (Å²) in [5.41, 5.74) is 2.33. The monoisotopic (exact) mass is 463 g/mol. The van der Waals surface area contributed by atoms with Crippen LogP contribution in [0.1, 0.15) is 87.4 Å². The Hall–Kier alpha value is -2.70. The van der Waals surface area contributed by atoms with Crippen molar-refractivity contribution in [1.82, 2.24) is 24.8 Å². The number of carbonyl (C=O) groups is 2. The third kappa shape index (κ3) is 5.18. The standard InChI is InChI=1S/C27H37N5O2/c33-26(15-9-12-21-10-3-1-4-11-21)31-19-23(18-25(31)27(34)30-16-7-8-17-30)32-20-24(28-29-32)22-13-5-2-6-14-22/h1,3-4,10-11,20,22-23,25H,2,5-9,12-19H2/t23-,25-/m0/s1. The molecule has 7 heteroatoms. The first-order valence-electron chi connectivity index (χ1n) is 13.2. The summed E-state index contributed by atoms with van der Waals surface area (Å²) >= 11 is 0. The molecule has 1 aromatic heterocycles. The molecule has 182 valence electrons. The van der Waals surface area contributed by atoms with Crippen molar-refractivity contribution in [1.29, 1.82) is 0 Å². The molecule has 2 aromatic rings. The highest BCUT2D eigenvalue weighted by molar-refractivity contribution is 5.88. The fraction of sp³-hybridized carbons (Fsp3) is 0.630. The van der Waals surface area contributed by atoms with Crippen molar-refractivity contribution < 1.29 is 9.59 Å². The Balaban J connectivity index is 1.26. The second-order valence-corrected chi connectivity index (χ2v) is 10.3. The number of nitrogens with zero attached hydrogens (tertiary/aromatic N) is 5. The van der Waals surface area contributed by atoms with Gasteiger partial charge in [0, 0.05) is 44.6 Å². The van der Waals surface area contributed by atoms with Gasteiger partial charge < -0.3 is 9.80 Å². The Morgan fingerprint density at radius 3 is 2.50 bits per heavy atom. The van der Waals surface area contributed by atoms with Gasteiger partial charge in [0.05, 0.1) is 11.7 Å². The fourth-order valence-corrected chi connectivity index (χ4v) is 5.95. The zero-order valence-electron chi connectivity index (χ0n) is 20.1. The normalized spacial score (nSPS) is 23.5. The van der Waals surface area contributed by atoms with Gasteiger partial charge in [0.1, 0.15) is 6.04 Å². The van der Waals surface area contributed by atoms with Gasteiger partial charge in [-0.1, -0.05) is 54.8 Å².